The van der Waals surface area contributed by atoms with Crippen LogP contribution < -0.4 is 5.32 Å². The summed E-state index contributed by atoms with van der Waals surface area (Å²) in [7, 11) is 0. The summed E-state index contributed by atoms with van der Waals surface area (Å²) in [4.78, 5) is 4.45. The predicted octanol–water partition coefficient (Wildman–Crippen LogP) is 2.52. The van der Waals surface area contributed by atoms with Crippen LogP contribution in [-0.4, -0.2) is 31.3 Å². The van der Waals surface area contributed by atoms with Crippen molar-refractivity contribution in [2.24, 2.45) is 5.92 Å². The molecule has 20 heavy (non-hydrogen) atoms. The summed E-state index contributed by atoms with van der Waals surface area (Å²) in [6.07, 6.45) is 5.34. The summed E-state index contributed by atoms with van der Waals surface area (Å²) in [5.74, 6) is 0.654. The van der Waals surface area contributed by atoms with E-state index >= 15 is 0 Å². The molecule has 0 amide bonds. The number of ether oxygens (including phenoxy) is 2. The molecule has 112 valence electrons. The topological polar surface area (TPSA) is 43.4 Å². The smallest absolute Gasteiger partial charge is 0.0887 e. The highest BCUT2D eigenvalue weighted by Crippen LogP contribution is 2.15. The van der Waals surface area contributed by atoms with Crippen molar-refractivity contribution in [2.45, 2.75) is 39.3 Å². The van der Waals surface area contributed by atoms with Crippen LogP contribution in [0, 0.1) is 5.92 Å². The SMILES string of the molecule is CCCNCc1ccc(COCC2CCOCC2)nc1. The van der Waals surface area contributed by atoms with Gasteiger partial charge in [-0.1, -0.05) is 13.0 Å². The average molecular weight is 278 g/mol. The molecule has 4 heteroatoms. The molecule has 1 aromatic rings. The fourth-order valence-electron chi connectivity index (χ4n) is 2.30. The number of hydrogen-bond donors (Lipinski definition) is 1. The summed E-state index contributed by atoms with van der Waals surface area (Å²) >= 11 is 0. The van der Waals surface area contributed by atoms with Gasteiger partial charge in [-0.25, -0.2) is 0 Å². The van der Waals surface area contributed by atoms with Crippen molar-refractivity contribution in [1.29, 1.82) is 0 Å². The molecule has 0 bridgehead atoms. The molecule has 1 aromatic heterocycles. The van der Waals surface area contributed by atoms with Crippen LogP contribution in [0.4, 0.5) is 0 Å². The zero-order valence-electron chi connectivity index (χ0n) is 12.4. The molecule has 1 aliphatic rings. The molecule has 0 aliphatic carbocycles. The van der Waals surface area contributed by atoms with Gasteiger partial charge in [0.25, 0.3) is 0 Å². The highest BCUT2D eigenvalue weighted by Gasteiger charge is 2.13. The second-order valence-corrected chi connectivity index (χ2v) is 5.41. The first-order valence-corrected chi connectivity index (χ1v) is 7.68. The number of nitrogens with zero attached hydrogens (tertiary/aromatic N) is 1. The van der Waals surface area contributed by atoms with Crippen molar-refractivity contribution >= 4 is 0 Å². The maximum absolute atomic E-state index is 5.76. The van der Waals surface area contributed by atoms with Gasteiger partial charge < -0.3 is 14.8 Å². The Morgan fingerprint density at radius 3 is 2.90 bits per heavy atom. The van der Waals surface area contributed by atoms with Crippen LogP contribution in [0.2, 0.25) is 0 Å². The molecule has 0 spiro atoms. The molecule has 2 rings (SSSR count). The molecule has 0 radical (unpaired) electrons. The first-order valence-electron chi connectivity index (χ1n) is 7.68. The third kappa shape index (κ3) is 5.57. The van der Waals surface area contributed by atoms with Gasteiger partial charge >= 0.3 is 0 Å². The van der Waals surface area contributed by atoms with Crippen LogP contribution in [0.1, 0.15) is 37.4 Å². The first kappa shape index (κ1) is 15.4. The lowest BCUT2D eigenvalue weighted by Gasteiger charge is -2.21. The second-order valence-electron chi connectivity index (χ2n) is 5.41. The Morgan fingerprint density at radius 2 is 2.20 bits per heavy atom. The van der Waals surface area contributed by atoms with E-state index < -0.39 is 0 Å². The normalized spacial score (nSPS) is 16.4. The van der Waals surface area contributed by atoms with Crippen molar-refractivity contribution < 1.29 is 9.47 Å². The van der Waals surface area contributed by atoms with E-state index in [-0.39, 0.29) is 0 Å². The Labute approximate surface area is 121 Å². The highest BCUT2D eigenvalue weighted by atomic mass is 16.5. The van der Waals surface area contributed by atoms with Crippen LogP contribution in [0.25, 0.3) is 0 Å². The third-order valence-electron chi connectivity index (χ3n) is 3.59. The monoisotopic (exact) mass is 278 g/mol. The second kappa shape index (κ2) is 9.06. The van der Waals surface area contributed by atoms with Gasteiger partial charge in [-0.05, 0) is 43.4 Å². The molecule has 1 aliphatic heterocycles. The lowest BCUT2D eigenvalue weighted by atomic mass is 10.0. The molecular formula is C16H26N2O2. The Bertz CT molecular complexity index is 361. The Balaban J connectivity index is 1.65. The van der Waals surface area contributed by atoms with Gasteiger partial charge in [0.2, 0.25) is 0 Å². The number of pyridine rings is 1. The van der Waals surface area contributed by atoms with E-state index in [4.69, 9.17) is 9.47 Å². The highest BCUT2D eigenvalue weighted by molar-refractivity contribution is 5.13. The molecule has 0 aromatic carbocycles. The zero-order chi connectivity index (χ0) is 14.0. The summed E-state index contributed by atoms with van der Waals surface area (Å²) < 4.78 is 11.1. The van der Waals surface area contributed by atoms with Gasteiger partial charge in [0, 0.05) is 26.0 Å². The van der Waals surface area contributed by atoms with Crippen molar-refractivity contribution in [1.82, 2.24) is 10.3 Å². The zero-order valence-corrected chi connectivity index (χ0v) is 12.4. The minimum absolute atomic E-state index is 0.611. The van der Waals surface area contributed by atoms with Gasteiger partial charge in [0.05, 0.1) is 18.9 Å². The molecular weight excluding hydrogens is 252 g/mol. The molecule has 1 N–H and O–H groups in total. The van der Waals surface area contributed by atoms with E-state index in [9.17, 15) is 0 Å². The van der Waals surface area contributed by atoms with Gasteiger partial charge in [0.15, 0.2) is 0 Å². The van der Waals surface area contributed by atoms with E-state index in [1.165, 1.54) is 5.56 Å². The van der Waals surface area contributed by atoms with E-state index in [1.807, 2.05) is 6.20 Å². The first-order chi connectivity index (χ1) is 9.88. The van der Waals surface area contributed by atoms with Gasteiger partial charge in [-0.15, -0.1) is 0 Å². The quantitative estimate of drug-likeness (QED) is 0.742. The lowest BCUT2D eigenvalue weighted by Crippen LogP contribution is -2.20. The lowest BCUT2D eigenvalue weighted by molar-refractivity contribution is 0.0150. The molecule has 4 nitrogen and oxygen atoms in total. The van der Waals surface area contributed by atoms with Crippen molar-refractivity contribution in [3.8, 4) is 0 Å². The van der Waals surface area contributed by atoms with Crippen LogP contribution in [0.15, 0.2) is 18.3 Å². The molecule has 0 unspecified atom stereocenters. The molecule has 1 fully saturated rings. The Kier molecular flexibility index (Phi) is 6.98. The molecule has 1 saturated heterocycles. The average Bonchev–Trinajstić information content (AvgIpc) is 2.50. The van der Waals surface area contributed by atoms with E-state index in [0.29, 0.717) is 12.5 Å². The van der Waals surface area contributed by atoms with Crippen LogP contribution in [0.5, 0.6) is 0 Å². The fourth-order valence-corrected chi connectivity index (χ4v) is 2.30. The van der Waals surface area contributed by atoms with E-state index in [2.05, 4.69) is 29.4 Å². The predicted molar refractivity (Wildman–Crippen MR) is 79.4 cm³/mol. The third-order valence-corrected chi connectivity index (χ3v) is 3.59. The van der Waals surface area contributed by atoms with Crippen molar-refractivity contribution in [2.75, 3.05) is 26.4 Å². The van der Waals surface area contributed by atoms with Gasteiger partial charge in [-0.2, -0.15) is 0 Å². The summed E-state index contributed by atoms with van der Waals surface area (Å²) in [5, 5.41) is 3.37. The Hall–Kier alpha value is -0.970. The largest absolute Gasteiger partial charge is 0.381 e. The van der Waals surface area contributed by atoms with E-state index in [1.54, 1.807) is 0 Å². The minimum atomic E-state index is 0.611. The van der Waals surface area contributed by atoms with Gasteiger partial charge in [-0.3, -0.25) is 4.98 Å². The number of rotatable bonds is 8. The number of aromatic nitrogens is 1. The Morgan fingerprint density at radius 1 is 1.35 bits per heavy atom. The number of nitrogens with one attached hydrogen (secondary N) is 1. The maximum Gasteiger partial charge on any atom is 0.0887 e. The number of hydrogen-bond acceptors (Lipinski definition) is 4. The summed E-state index contributed by atoms with van der Waals surface area (Å²) in [6.45, 7) is 7.31. The molecule has 0 saturated carbocycles. The van der Waals surface area contributed by atoms with Crippen LogP contribution >= 0.6 is 0 Å². The van der Waals surface area contributed by atoms with E-state index in [0.717, 1.165) is 57.9 Å². The molecule has 2 heterocycles. The standard InChI is InChI=1S/C16H26N2O2/c1-2-7-17-10-15-3-4-16(18-11-15)13-20-12-14-5-8-19-9-6-14/h3-4,11,14,17H,2,5-10,12-13H2,1H3. The van der Waals surface area contributed by atoms with Crippen LogP contribution in [-0.2, 0) is 22.6 Å². The fraction of sp³-hybridized carbons (Fsp3) is 0.688. The summed E-state index contributed by atoms with van der Waals surface area (Å²) in [6, 6.07) is 4.19. The maximum atomic E-state index is 5.76. The van der Waals surface area contributed by atoms with Crippen molar-refractivity contribution in [3.63, 3.8) is 0 Å². The van der Waals surface area contributed by atoms with Crippen LogP contribution in [0.3, 0.4) is 0 Å². The molecule has 0 atom stereocenters. The van der Waals surface area contributed by atoms with Gasteiger partial charge in [0.1, 0.15) is 0 Å². The van der Waals surface area contributed by atoms with Crippen molar-refractivity contribution in [3.05, 3.63) is 29.6 Å². The minimum Gasteiger partial charge on any atom is -0.381 e. The summed E-state index contributed by atoms with van der Waals surface area (Å²) in [5.41, 5.74) is 2.24.